The van der Waals surface area contributed by atoms with Crippen LogP contribution in [0.1, 0.15) is 33.2 Å². The van der Waals surface area contributed by atoms with Crippen LogP contribution in [-0.4, -0.2) is 79.4 Å². The van der Waals surface area contributed by atoms with E-state index in [1.54, 1.807) is 24.3 Å². The summed E-state index contributed by atoms with van der Waals surface area (Å²) in [6, 6.07) is 7.49. The second-order valence-corrected chi connectivity index (χ2v) is 11.0. The molecule has 0 saturated carbocycles. The van der Waals surface area contributed by atoms with E-state index in [4.69, 9.17) is 9.47 Å². The van der Waals surface area contributed by atoms with Gasteiger partial charge in [0.2, 0.25) is 0 Å². The number of imide groups is 1. The number of hydrogen-bond acceptors (Lipinski definition) is 12. The van der Waals surface area contributed by atoms with E-state index in [0.717, 1.165) is 22.7 Å². The van der Waals surface area contributed by atoms with Crippen molar-refractivity contribution in [1.29, 1.82) is 0 Å². The summed E-state index contributed by atoms with van der Waals surface area (Å²) in [5.41, 5.74) is -0.615. The van der Waals surface area contributed by atoms with E-state index in [1.165, 1.54) is 26.2 Å². The Morgan fingerprint density at radius 2 is 1.77 bits per heavy atom. The average Bonchev–Trinajstić information content (AvgIpc) is 3.35. The fraction of sp³-hybridized carbons (Fsp3) is 0.333. The Morgan fingerprint density at radius 1 is 1.07 bits per heavy atom. The number of esters is 1. The molecule has 0 aromatic heterocycles. The molecule has 16 heteroatoms. The zero-order valence-electron chi connectivity index (χ0n) is 20.9. The van der Waals surface area contributed by atoms with Crippen LogP contribution in [0.15, 0.2) is 42.5 Å². The van der Waals surface area contributed by atoms with Crippen molar-refractivity contribution in [2.24, 2.45) is 0 Å². The summed E-state index contributed by atoms with van der Waals surface area (Å²) >= 11 is 0.938. The Bertz CT molecular complexity index is 1470. The summed E-state index contributed by atoms with van der Waals surface area (Å²) in [6.07, 6.45) is 0. The van der Waals surface area contributed by atoms with Gasteiger partial charge in [-0.05, 0) is 30.7 Å². The quantitative estimate of drug-likeness (QED) is 0.139. The van der Waals surface area contributed by atoms with E-state index in [9.17, 15) is 39.4 Å². The van der Waals surface area contributed by atoms with Gasteiger partial charge in [-0.1, -0.05) is 18.2 Å². The molecular formula is C24H20N4O11S. The fourth-order valence-electron chi connectivity index (χ4n) is 5.04. The third-order valence-corrected chi connectivity index (χ3v) is 8.52. The highest BCUT2D eigenvalue weighted by Crippen LogP contribution is 2.53. The zero-order valence-corrected chi connectivity index (χ0v) is 21.7. The van der Waals surface area contributed by atoms with Crippen molar-refractivity contribution in [3.8, 4) is 5.75 Å². The number of thioether (sulfide) groups is 1. The first-order chi connectivity index (χ1) is 19.0. The predicted molar refractivity (Wildman–Crippen MR) is 134 cm³/mol. The largest absolute Gasteiger partial charge is 0.497 e. The first-order valence-corrected chi connectivity index (χ1v) is 12.6. The van der Waals surface area contributed by atoms with E-state index in [1.807, 2.05) is 0 Å². The van der Waals surface area contributed by atoms with Crippen molar-refractivity contribution < 1.29 is 43.5 Å². The van der Waals surface area contributed by atoms with Crippen molar-refractivity contribution in [1.82, 2.24) is 9.80 Å². The molecule has 2 fully saturated rings. The first kappa shape index (κ1) is 26.9. The van der Waals surface area contributed by atoms with Crippen LogP contribution < -0.4 is 4.74 Å². The molecule has 2 aromatic rings. The van der Waals surface area contributed by atoms with E-state index in [0.29, 0.717) is 16.2 Å². The van der Waals surface area contributed by atoms with Crippen LogP contribution in [0.25, 0.3) is 0 Å². The Kier molecular flexibility index (Phi) is 6.57. The summed E-state index contributed by atoms with van der Waals surface area (Å²) in [7, 11) is 1.50. The second kappa shape index (κ2) is 9.78. The zero-order chi connectivity index (χ0) is 28.9. The number of carbonyl (C=O) groups is 4. The topological polar surface area (TPSA) is 189 Å². The number of fused-ring (bicyclic) bond motifs is 2. The molecule has 208 valence electrons. The normalized spacial score (nSPS) is 24.8. The highest BCUT2D eigenvalue weighted by atomic mass is 32.2. The summed E-state index contributed by atoms with van der Waals surface area (Å²) in [4.78, 5) is 81.0. The maximum absolute atomic E-state index is 13.4. The van der Waals surface area contributed by atoms with Crippen molar-refractivity contribution in [2.75, 3.05) is 13.7 Å². The number of nitro groups is 1. The summed E-state index contributed by atoms with van der Waals surface area (Å²) < 4.78 is 9.14. The molecule has 4 atom stereocenters. The molecule has 15 nitrogen and oxygen atoms in total. The molecule has 2 aromatic carbocycles. The van der Waals surface area contributed by atoms with Gasteiger partial charge in [0, 0.05) is 6.07 Å². The highest BCUT2D eigenvalue weighted by molar-refractivity contribution is 8.01. The van der Waals surface area contributed by atoms with E-state index in [-0.39, 0.29) is 12.2 Å². The lowest BCUT2D eigenvalue weighted by Gasteiger charge is -2.46. The predicted octanol–water partition coefficient (Wildman–Crippen LogP) is 1.56. The monoisotopic (exact) mass is 572 g/mol. The van der Waals surface area contributed by atoms with Gasteiger partial charge in [-0.15, -0.1) is 21.9 Å². The minimum Gasteiger partial charge on any atom is -0.497 e. The Labute approximate surface area is 229 Å². The number of methoxy groups -OCH3 is 1. The number of nitro benzene ring substituents is 1. The third-order valence-electron chi connectivity index (χ3n) is 6.92. The van der Waals surface area contributed by atoms with Crippen LogP contribution in [-0.2, 0) is 25.8 Å². The lowest BCUT2D eigenvalue weighted by atomic mass is 9.94. The molecule has 0 aliphatic carbocycles. The lowest BCUT2D eigenvalue weighted by molar-refractivity contribution is -0.758. The number of ether oxygens (including phenoxy) is 2. The van der Waals surface area contributed by atoms with Gasteiger partial charge in [0.1, 0.15) is 42.0 Å². The number of amides is 3. The Hall–Kier alpha value is -4.73. The van der Waals surface area contributed by atoms with Crippen LogP contribution >= 0.6 is 11.8 Å². The standard InChI is InChI=1S/C24H20N4O11S/c1-24(11-39-28(35)36)18(23(32)38-10-12-6-8-13(37-2)9-7-12)26-21(31)17(22(26)40-24)25-19(29)14-4-3-5-15(27(33)34)16(14)20(25)30/h3-9,17-18,22H,10-11H2,1-2H3/t17?,18?,22-,24-/m0/s1. The van der Waals surface area contributed by atoms with Crippen molar-refractivity contribution >= 4 is 41.1 Å². The van der Waals surface area contributed by atoms with Crippen molar-refractivity contribution in [2.45, 2.75) is 35.7 Å². The molecule has 40 heavy (non-hydrogen) atoms. The average molecular weight is 573 g/mol. The molecule has 3 amide bonds. The third kappa shape index (κ3) is 4.16. The molecule has 2 unspecified atom stereocenters. The maximum Gasteiger partial charge on any atom is 0.330 e. The molecule has 0 N–H and O–H groups in total. The Morgan fingerprint density at radius 3 is 2.40 bits per heavy atom. The molecule has 5 rings (SSSR count). The molecule has 0 bridgehead atoms. The van der Waals surface area contributed by atoms with Crippen molar-refractivity contribution in [3.63, 3.8) is 0 Å². The van der Waals surface area contributed by atoms with Crippen LogP contribution in [0.4, 0.5) is 5.69 Å². The minimum absolute atomic E-state index is 0.172. The summed E-state index contributed by atoms with van der Waals surface area (Å²) in [6.45, 7) is 0.693. The Balaban J connectivity index is 1.41. The van der Waals surface area contributed by atoms with Crippen LogP contribution in [0, 0.1) is 20.2 Å². The molecule has 2 saturated heterocycles. The smallest absolute Gasteiger partial charge is 0.330 e. The van der Waals surface area contributed by atoms with Gasteiger partial charge < -0.3 is 19.2 Å². The van der Waals surface area contributed by atoms with E-state index >= 15 is 0 Å². The van der Waals surface area contributed by atoms with Gasteiger partial charge >= 0.3 is 5.97 Å². The van der Waals surface area contributed by atoms with Gasteiger partial charge in [-0.25, -0.2) is 4.79 Å². The van der Waals surface area contributed by atoms with Gasteiger partial charge in [0.15, 0.2) is 0 Å². The lowest BCUT2D eigenvalue weighted by Crippen LogP contribution is -2.71. The van der Waals surface area contributed by atoms with E-state index in [2.05, 4.69) is 4.84 Å². The molecule has 3 heterocycles. The van der Waals surface area contributed by atoms with Gasteiger partial charge in [0.05, 0.1) is 22.3 Å². The molecule has 0 radical (unpaired) electrons. The van der Waals surface area contributed by atoms with Crippen LogP contribution in [0.2, 0.25) is 0 Å². The molecule has 0 spiro atoms. The number of benzene rings is 2. The number of rotatable bonds is 9. The number of β-lactam (4-membered cyclic amide) rings is 1. The van der Waals surface area contributed by atoms with Gasteiger partial charge in [-0.3, -0.25) is 29.4 Å². The van der Waals surface area contributed by atoms with Crippen molar-refractivity contribution in [3.05, 3.63) is 79.4 Å². The number of hydrogen-bond donors (Lipinski definition) is 0. The summed E-state index contributed by atoms with van der Waals surface area (Å²) in [5, 5.41) is 20.4. The fourth-order valence-corrected chi connectivity index (χ4v) is 6.76. The second-order valence-electron chi connectivity index (χ2n) is 9.30. The van der Waals surface area contributed by atoms with Gasteiger partial charge in [0.25, 0.3) is 28.5 Å². The minimum atomic E-state index is -1.40. The highest BCUT2D eigenvalue weighted by Gasteiger charge is 2.69. The molecule has 3 aliphatic rings. The van der Waals surface area contributed by atoms with Gasteiger partial charge in [-0.2, -0.15) is 0 Å². The summed E-state index contributed by atoms with van der Waals surface area (Å²) in [5.74, 6) is -2.97. The maximum atomic E-state index is 13.4. The molecule has 3 aliphatic heterocycles. The SMILES string of the molecule is COc1ccc(COC(=O)C2N3C(=O)C(N4C(=O)c5cccc([N+](=O)[O-])c5C4=O)[C@@H]3S[C@@]2(C)CO[N+](=O)[O-])cc1. The number of nitrogens with zero attached hydrogens (tertiary/aromatic N) is 4. The van der Waals surface area contributed by atoms with Crippen LogP contribution in [0.3, 0.4) is 0 Å². The van der Waals surface area contributed by atoms with E-state index < -0.39 is 73.8 Å². The van der Waals surface area contributed by atoms with Crippen LogP contribution in [0.5, 0.6) is 5.75 Å². The number of carbonyl (C=O) groups excluding carboxylic acids is 4. The molecular weight excluding hydrogens is 552 g/mol. The first-order valence-electron chi connectivity index (χ1n) is 11.7.